The summed E-state index contributed by atoms with van der Waals surface area (Å²) < 4.78 is 1.93. The Balaban J connectivity index is 2.18. The highest BCUT2D eigenvalue weighted by atomic mass is 15.3. The summed E-state index contributed by atoms with van der Waals surface area (Å²) in [6.07, 6.45) is 5.41. The lowest BCUT2D eigenvalue weighted by atomic mass is 10.00. The molecule has 0 aliphatic carbocycles. The monoisotopic (exact) mass is 244 g/mol. The van der Waals surface area contributed by atoms with Crippen LogP contribution in [0.2, 0.25) is 0 Å². The molecule has 0 aliphatic rings. The average molecular weight is 244 g/mol. The van der Waals surface area contributed by atoms with E-state index in [0.29, 0.717) is 0 Å². The fraction of sp³-hybridized carbons (Fsp3) is 0.429. The lowest BCUT2D eigenvalue weighted by molar-refractivity contribution is 0.635. The predicted molar refractivity (Wildman–Crippen MR) is 72.2 cm³/mol. The van der Waals surface area contributed by atoms with Crippen molar-refractivity contribution in [3.63, 3.8) is 0 Å². The molecular weight excluding hydrogens is 224 g/mol. The molecule has 0 fully saturated rings. The van der Waals surface area contributed by atoms with E-state index in [2.05, 4.69) is 23.1 Å². The van der Waals surface area contributed by atoms with Crippen molar-refractivity contribution in [1.82, 2.24) is 14.8 Å². The van der Waals surface area contributed by atoms with Crippen LogP contribution in [0.3, 0.4) is 0 Å². The first-order valence-electron chi connectivity index (χ1n) is 6.29. The highest BCUT2D eigenvalue weighted by Crippen LogP contribution is 2.19. The van der Waals surface area contributed by atoms with E-state index in [-0.39, 0.29) is 6.04 Å². The smallest absolute Gasteiger partial charge is 0.0624 e. The number of aromatic nitrogens is 3. The van der Waals surface area contributed by atoms with Gasteiger partial charge in [0.2, 0.25) is 0 Å². The van der Waals surface area contributed by atoms with Gasteiger partial charge in [-0.1, -0.05) is 6.92 Å². The summed E-state index contributed by atoms with van der Waals surface area (Å²) in [6.45, 7) is 4.15. The van der Waals surface area contributed by atoms with Crippen molar-refractivity contribution in [3.05, 3.63) is 47.0 Å². The van der Waals surface area contributed by atoms with E-state index >= 15 is 0 Å². The number of nitrogens with two attached hydrogens (primary N) is 1. The van der Waals surface area contributed by atoms with E-state index in [4.69, 9.17) is 5.73 Å². The Kier molecular flexibility index (Phi) is 3.77. The molecule has 96 valence electrons. The Morgan fingerprint density at radius 1 is 1.44 bits per heavy atom. The predicted octanol–water partition coefficient (Wildman–Crippen LogP) is 1.93. The second-order valence-electron chi connectivity index (χ2n) is 4.65. The Bertz CT molecular complexity index is 530. The molecule has 2 heterocycles. The molecule has 4 heteroatoms. The molecular formula is C14H20N4. The summed E-state index contributed by atoms with van der Waals surface area (Å²) in [4.78, 5) is 4.10. The fourth-order valence-corrected chi connectivity index (χ4v) is 2.17. The Morgan fingerprint density at radius 3 is 2.83 bits per heavy atom. The maximum absolute atomic E-state index is 6.28. The molecule has 0 aromatic carbocycles. The zero-order valence-corrected chi connectivity index (χ0v) is 11.2. The van der Waals surface area contributed by atoms with Crippen LogP contribution in [0.15, 0.2) is 24.5 Å². The molecule has 0 radical (unpaired) electrons. The van der Waals surface area contributed by atoms with E-state index in [1.54, 1.807) is 6.20 Å². The summed E-state index contributed by atoms with van der Waals surface area (Å²) in [5, 5.41) is 4.45. The minimum Gasteiger partial charge on any atom is -0.324 e. The van der Waals surface area contributed by atoms with E-state index < -0.39 is 0 Å². The van der Waals surface area contributed by atoms with Gasteiger partial charge in [0, 0.05) is 37.6 Å². The van der Waals surface area contributed by atoms with Gasteiger partial charge in [0.25, 0.3) is 0 Å². The normalized spacial score (nSPS) is 12.7. The van der Waals surface area contributed by atoms with E-state index in [0.717, 1.165) is 29.7 Å². The highest BCUT2D eigenvalue weighted by molar-refractivity contribution is 5.26. The zero-order chi connectivity index (χ0) is 13.1. The first-order valence-corrected chi connectivity index (χ1v) is 6.29. The van der Waals surface area contributed by atoms with Crippen LogP contribution in [-0.2, 0) is 19.9 Å². The van der Waals surface area contributed by atoms with Gasteiger partial charge >= 0.3 is 0 Å². The van der Waals surface area contributed by atoms with Crippen LogP contribution in [0, 0.1) is 6.92 Å². The van der Waals surface area contributed by atoms with E-state index in [1.807, 2.05) is 30.9 Å². The van der Waals surface area contributed by atoms with Crippen molar-refractivity contribution in [1.29, 1.82) is 0 Å². The first-order chi connectivity index (χ1) is 8.61. The van der Waals surface area contributed by atoms with Crippen LogP contribution in [0.4, 0.5) is 0 Å². The molecule has 0 amide bonds. The molecule has 0 saturated heterocycles. The average Bonchev–Trinajstić information content (AvgIpc) is 2.70. The number of hydrogen-bond donors (Lipinski definition) is 1. The summed E-state index contributed by atoms with van der Waals surface area (Å²) in [7, 11) is 1.97. The van der Waals surface area contributed by atoms with Crippen LogP contribution in [0.5, 0.6) is 0 Å². The van der Waals surface area contributed by atoms with Gasteiger partial charge in [0.15, 0.2) is 0 Å². The van der Waals surface area contributed by atoms with Crippen LogP contribution < -0.4 is 5.73 Å². The molecule has 1 atom stereocenters. The molecule has 0 saturated carbocycles. The standard InChI is InChI=1S/C14H20N4/c1-4-11-7-12(18(3)17-11)8-14(15)13-5-6-16-9-10(13)2/h5-7,9,14H,4,8,15H2,1-3H3. The van der Waals surface area contributed by atoms with Gasteiger partial charge in [-0.2, -0.15) is 5.10 Å². The van der Waals surface area contributed by atoms with Crippen LogP contribution in [0.1, 0.15) is 35.5 Å². The van der Waals surface area contributed by atoms with Gasteiger partial charge in [-0.3, -0.25) is 9.67 Å². The highest BCUT2D eigenvalue weighted by Gasteiger charge is 2.12. The molecule has 4 nitrogen and oxygen atoms in total. The van der Waals surface area contributed by atoms with Gasteiger partial charge in [0.1, 0.15) is 0 Å². The van der Waals surface area contributed by atoms with E-state index in [9.17, 15) is 0 Å². The molecule has 0 spiro atoms. The Hall–Kier alpha value is -1.68. The number of aryl methyl sites for hydroxylation is 3. The second-order valence-corrected chi connectivity index (χ2v) is 4.65. The summed E-state index contributed by atoms with van der Waals surface area (Å²) in [6, 6.07) is 4.13. The third kappa shape index (κ3) is 2.59. The van der Waals surface area contributed by atoms with Crippen LogP contribution in [0.25, 0.3) is 0 Å². The summed E-state index contributed by atoms with van der Waals surface area (Å²) in [5.74, 6) is 0. The number of pyridine rings is 1. The topological polar surface area (TPSA) is 56.7 Å². The van der Waals surface area contributed by atoms with Gasteiger partial charge in [-0.05, 0) is 36.6 Å². The van der Waals surface area contributed by atoms with Crippen LogP contribution in [-0.4, -0.2) is 14.8 Å². The quantitative estimate of drug-likeness (QED) is 0.894. The van der Waals surface area contributed by atoms with Crippen molar-refractivity contribution >= 4 is 0 Å². The maximum atomic E-state index is 6.28. The number of nitrogens with zero attached hydrogens (tertiary/aromatic N) is 3. The number of hydrogen-bond acceptors (Lipinski definition) is 3. The van der Waals surface area contributed by atoms with Gasteiger partial charge in [0.05, 0.1) is 5.69 Å². The van der Waals surface area contributed by atoms with Crippen molar-refractivity contribution in [3.8, 4) is 0 Å². The van der Waals surface area contributed by atoms with Crippen molar-refractivity contribution in [2.75, 3.05) is 0 Å². The lowest BCUT2D eigenvalue weighted by Gasteiger charge is -2.14. The minimum atomic E-state index is -0.00638. The summed E-state index contributed by atoms with van der Waals surface area (Å²) >= 11 is 0. The largest absolute Gasteiger partial charge is 0.324 e. The third-order valence-electron chi connectivity index (χ3n) is 3.28. The molecule has 18 heavy (non-hydrogen) atoms. The second kappa shape index (κ2) is 5.31. The van der Waals surface area contributed by atoms with Crippen LogP contribution >= 0.6 is 0 Å². The molecule has 1 unspecified atom stereocenters. The molecule has 2 aromatic heterocycles. The van der Waals surface area contributed by atoms with Crippen molar-refractivity contribution in [2.24, 2.45) is 12.8 Å². The minimum absolute atomic E-state index is 0.00638. The third-order valence-corrected chi connectivity index (χ3v) is 3.28. The van der Waals surface area contributed by atoms with Gasteiger partial charge in [-0.15, -0.1) is 0 Å². The maximum Gasteiger partial charge on any atom is 0.0624 e. The molecule has 2 rings (SSSR count). The van der Waals surface area contributed by atoms with Crippen molar-refractivity contribution < 1.29 is 0 Å². The van der Waals surface area contributed by atoms with Gasteiger partial charge in [-0.25, -0.2) is 0 Å². The molecule has 0 aliphatic heterocycles. The Labute approximate surface area is 108 Å². The van der Waals surface area contributed by atoms with E-state index in [1.165, 1.54) is 5.69 Å². The molecule has 0 bridgehead atoms. The number of rotatable bonds is 4. The summed E-state index contributed by atoms with van der Waals surface area (Å²) in [5.41, 5.74) is 10.9. The molecule has 2 aromatic rings. The molecule has 2 N–H and O–H groups in total. The Morgan fingerprint density at radius 2 is 2.22 bits per heavy atom. The first kappa shape index (κ1) is 12.8. The zero-order valence-electron chi connectivity index (χ0n) is 11.2. The van der Waals surface area contributed by atoms with Gasteiger partial charge < -0.3 is 5.73 Å². The fourth-order valence-electron chi connectivity index (χ4n) is 2.17. The lowest BCUT2D eigenvalue weighted by Crippen LogP contribution is -2.16. The SMILES string of the molecule is CCc1cc(CC(N)c2ccncc2C)n(C)n1. The van der Waals surface area contributed by atoms with Crippen molar-refractivity contribution in [2.45, 2.75) is 32.7 Å².